The monoisotopic (exact) mass is 307 g/mol. The van der Waals surface area contributed by atoms with E-state index in [2.05, 4.69) is 5.32 Å². The van der Waals surface area contributed by atoms with Gasteiger partial charge < -0.3 is 15.2 Å². The van der Waals surface area contributed by atoms with Crippen LogP contribution in [-0.4, -0.2) is 29.2 Å². The van der Waals surface area contributed by atoms with Gasteiger partial charge in [0.2, 0.25) is 5.91 Å². The summed E-state index contributed by atoms with van der Waals surface area (Å²) in [5.41, 5.74) is 0.791. The van der Waals surface area contributed by atoms with E-state index in [0.717, 1.165) is 5.56 Å². The van der Waals surface area contributed by atoms with Crippen LogP contribution in [0.2, 0.25) is 5.02 Å². The highest BCUT2D eigenvalue weighted by Gasteiger charge is 2.53. The molecule has 2 aliphatic heterocycles. The second-order valence-electron chi connectivity index (χ2n) is 5.15. The predicted molar refractivity (Wildman–Crippen MR) is 75.7 cm³/mol. The lowest BCUT2D eigenvalue weighted by Crippen LogP contribution is -2.42. The first-order valence-corrected chi connectivity index (χ1v) is 7.03. The maximum Gasteiger partial charge on any atom is 0.310 e. The molecule has 0 spiro atoms. The quantitative estimate of drug-likeness (QED) is 0.829. The summed E-state index contributed by atoms with van der Waals surface area (Å²) in [6.45, 7) is 0.266. The van der Waals surface area contributed by atoms with Crippen LogP contribution in [0.4, 0.5) is 0 Å². The number of aliphatic carboxylic acids is 1. The van der Waals surface area contributed by atoms with E-state index >= 15 is 0 Å². The average molecular weight is 308 g/mol. The molecule has 1 amide bonds. The van der Waals surface area contributed by atoms with Crippen molar-refractivity contribution >= 4 is 23.5 Å². The number of ether oxygens (including phenoxy) is 1. The van der Waals surface area contributed by atoms with Crippen molar-refractivity contribution in [2.45, 2.75) is 18.8 Å². The molecule has 0 aliphatic carbocycles. The molecule has 110 valence electrons. The minimum atomic E-state index is -1.01. The summed E-state index contributed by atoms with van der Waals surface area (Å²) >= 11 is 6.03. The Balaban J connectivity index is 1.69. The zero-order valence-electron chi connectivity index (χ0n) is 11.0. The van der Waals surface area contributed by atoms with E-state index in [1.54, 1.807) is 18.2 Å². The fourth-order valence-electron chi connectivity index (χ4n) is 2.86. The van der Waals surface area contributed by atoms with E-state index < -0.39 is 30.0 Å². The molecule has 1 fully saturated rings. The van der Waals surface area contributed by atoms with Gasteiger partial charge >= 0.3 is 5.97 Å². The van der Waals surface area contributed by atoms with E-state index in [1.807, 2.05) is 18.2 Å². The highest BCUT2D eigenvalue weighted by molar-refractivity contribution is 6.31. The van der Waals surface area contributed by atoms with Gasteiger partial charge in [0.05, 0.1) is 18.1 Å². The minimum Gasteiger partial charge on any atom is -0.481 e. The van der Waals surface area contributed by atoms with E-state index in [-0.39, 0.29) is 12.5 Å². The summed E-state index contributed by atoms with van der Waals surface area (Å²) in [6.07, 6.45) is 2.50. The van der Waals surface area contributed by atoms with Gasteiger partial charge in [-0.25, -0.2) is 0 Å². The number of benzene rings is 1. The first kappa shape index (κ1) is 14.1. The largest absolute Gasteiger partial charge is 0.481 e. The Morgan fingerprint density at radius 2 is 1.86 bits per heavy atom. The van der Waals surface area contributed by atoms with Gasteiger partial charge in [0.25, 0.3) is 0 Å². The number of amides is 1. The zero-order chi connectivity index (χ0) is 15.0. The van der Waals surface area contributed by atoms with Crippen LogP contribution < -0.4 is 5.32 Å². The molecule has 1 aromatic carbocycles. The number of carboxylic acid groups (broad SMARTS) is 1. The molecule has 0 radical (unpaired) electrons. The summed E-state index contributed by atoms with van der Waals surface area (Å²) in [7, 11) is 0. The molecule has 2 aliphatic rings. The van der Waals surface area contributed by atoms with Crippen LogP contribution in [0.15, 0.2) is 36.4 Å². The summed E-state index contributed by atoms with van der Waals surface area (Å²) in [4.78, 5) is 23.6. The highest BCUT2D eigenvalue weighted by atomic mass is 35.5. The Bertz CT molecular complexity index is 615. The highest BCUT2D eigenvalue weighted by Crippen LogP contribution is 2.39. The number of carbonyl (C=O) groups excluding carboxylic acids is 1. The zero-order valence-corrected chi connectivity index (χ0v) is 11.8. The van der Waals surface area contributed by atoms with Crippen molar-refractivity contribution in [1.29, 1.82) is 0 Å². The molecule has 2 bridgehead atoms. The molecule has 2 heterocycles. The van der Waals surface area contributed by atoms with Crippen molar-refractivity contribution in [3.63, 3.8) is 0 Å². The van der Waals surface area contributed by atoms with E-state index in [9.17, 15) is 14.7 Å². The number of halogens is 1. The van der Waals surface area contributed by atoms with Crippen molar-refractivity contribution in [3.05, 3.63) is 47.0 Å². The Kier molecular flexibility index (Phi) is 3.69. The maximum atomic E-state index is 12.3. The third kappa shape index (κ3) is 2.54. The fraction of sp³-hybridized carbons (Fsp3) is 0.333. The van der Waals surface area contributed by atoms with Crippen LogP contribution in [0.25, 0.3) is 0 Å². The summed E-state index contributed by atoms with van der Waals surface area (Å²) in [5, 5.41) is 12.6. The number of hydrogen-bond donors (Lipinski definition) is 2. The Morgan fingerprint density at radius 1 is 1.19 bits per heavy atom. The van der Waals surface area contributed by atoms with E-state index in [1.165, 1.54) is 0 Å². The van der Waals surface area contributed by atoms with Crippen molar-refractivity contribution in [3.8, 4) is 0 Å². The van der Waals surface area contributed by atoms with Crippen molar-refractivity contribution in [2.24, 2.45) is 11.8 Å². The molecule has 0 unspecified atom stereocenters. The van der Waals surface area contributed by atoms with Crippen LogP contribution in [0, 0.1) is 11.8 Å². The summed E-state index contributed by atoms with van der Waals surface area (Å²) in [5.74, 6) is -2.85. The average Bonchev–Trinajstić information content (AvgIpc) is 3.06. The second-order valence-corrected chi connectivity index (χ2v) is 5.56. The second kappa shape index (κ2) is 5.50. The minimum absolute atomic E-state index is 0.266. The van der Waals surface area contributed by atoms with Crippen LogP contribution in [0.1, 0.15) is 5.56 Å². The van der Waals surface area contributed by atoms with Crippen molar-refractivity contribution in [2.75, 3.05) is 0 Å². The van der Waals surface area contributed by atoms with Gasteiger partial charge in [0, 0.05) is 11.6 Å². The number of fused-ring (bicyclic) bond motifs is 2. The van der Waals surface area contributed by atoms with E-state index in [4.69, 9.17) is 16.3 Å². The maximum absolute atomic E-state index is 12.3. The Hall–Kier alpha value is -1.85. The molecule has 4 atom stereocenters. The lowest BCUT2D eigenvalue weighted by molar-refractivity contribution is -0.146. The lowest BCUT2D eigenvalue weighted by Gasteiger charge is -2.21. The third-order valence-electron chi connectivity index (χ3n) is 3.90. The molecule has 6 heteroatoms. The van der Waals surface area contributed by atoms with Gasteiger partial charge in [-0.2, -0.15) is 0 Å². The molecule has 5 nitrogen and oxygen atoms in total. The number of rotatable bonds is 4. The molecule has 0 aromatic heterocycles. The van der Waals surface area contributed by atoms with Gasteiger partial charge in [-0.1, -0.05) is 42.0 Å². The van der Waals surface area contributed by atoms with Gasteiger partial charge in [-0.3, -0.25) is 9.59 Å². The van der Waals surface area contributed by atoms with Gasteiger partial charge in [-0.15, -0.1) is 0 Å². The molecule has 1 saturated heterocycles. The number of carbonyl (C=O) groups is 2. The van der Waals surface area contributed by atoms with Gasteiger partial charge in [-0.05, 0) is 11.6 Å². The Labute approximate surface area is 126 Å². The first-order valence-electron chi connectivity index (χ1n) is 6.65. The lowest BCUT2D eigenvalue weighted by atomic mass is 9.82. The number of nitrogens with one attached hydrogen (secondary N) is 1. The fourth-order valence-corrected chi connectivity index (χ4v) is 3.06. The molecular formula is C15H14ClNO4. The van der Waals surface area contributed by atoms with Crippen LogP contribution >= 0.6 is 11.6 Å². The van der Waals surface area contributed by atoms with Gasteiger partial charge in [0.1, 0.15) is 5.92 Å². The Morgan fingerprint density at radius 3 is 2.52 bits per heavy atom. The van der Waals surface area contributed by atoms with E-state index in [0.29, 0.717) is 5.02 Å². The number of carboxylic acids is 1. The molecule has 0 saturated carbocycles. The SMILES string of the molecule is O=C(O)[C@@H]1[C@@H](C(=O)NCc2ccccc2Cl)[C@H]2C=C[C@@H]1O2. The molecule has 21 heavy (non-hydrogen) atoms. The predicted octanol–water partition coefficient (Wildman–Crippen LogP) is 1.61. The smallest absolute Gasteiger partial charge is 0.310 e. The van der Waals surface area contributed by atoms with Crippen LogP contribution in [0.3, 0.4) is 0 Å². The summed E-state index contributed by atoms with van der Waals surface area (Å²) in [6, 6.07) is 7.19. The third-order valence-corrected chi connectivity index (χ3v) is 4.27. The molecule has 1 aromatic rings. The van der Waals surface area contributed by atoms with Crippen LogP contribution in [-0.2, 0) is 20.9 Å². The van der Waals surface area contributed by atoms with Crippen molar-refractivity contribution in [1.82, 2.24) is 5.32 Å². The molecular weight excluding hydrogens is 294 g/mol. The van der Waals surface area contributed by atoms with Crippen molar-refractivity contribution < 1.29 is 19.4 Å². The number of hydrogen-bond acceptors (Lipinski definition) is 3. The normalized spacial score (nSPS) is 29.6. The topological polar surface area (TPSA) is 75.6 Å². The first-order chi connectivity index (χ1) is 10.1. The molecule has 2 N–H and O–H groups in total. The standard InChI is InChI=1S/C15H14ClNO4/c16-9-4-2-1-3-8(9)7-17-14(18)12-10-5-6-11(21-10)13(12)15(19)20/h1-6,10-13H,7H2,(H,17,18)(H,19,20)/t10-,11+,12+,13+/m1/s1. The van der Waals surface area contributed by atoms with Gasteiger partial charge in [0.15, 0.2) is 0 Å². The summed E-state index contributed by atoms with van der Waals surface area (Å²) < 4.78 is 5.48. The molecule has 3 rings (SSSR count). The van der Waals surface area contributed by atoms with Crippen LogP contribution in [0.5, 0.6) is 0 Å².